The molecule has 5 nitrogen and oxygen atoms in total. The number of thiophene rings is 1. The van der Waals surface area contributed by atoms with Crippen molar-refractivity contribution < 1.29 is 9.53 Å². The molecule has 0 unspecified atom stereocenters. The maximum absolute atomic E-state index is 13.5. The zero-order valence-corrected chi connectivity index (χ0v) is 20.1. The van der Waals surface area contributed by atoms with Crippen molar-refractivity contribution in [3.05, 3.63) is 58.0 Å². The number of amides is 1. The number of aryl methyl sites for hydroxylation is 1. The van der Waals surface area contributed by atoms with Crippen LogP contribution < -0.4 is 10.1 Å². The van der Waals surface area contributed by atoms with Gasteiger partial charge in [-0.2, -0.15) is 5.26 Å². The predicted molar refractivity (Wildman–Crippen MR) is 138 cm³/mol. The highest BCUT2D eigenvalue weighted by Crippen LogP contribution is 2.40. The second-order valence-electron chi connectivity index (χ2n) is 9.10. The van der Waals surface area contributed by atoms with Gasteiger partial charge in [0.05, 0.1) is 5.56 Å². The van der Waals surface area contributed by atoms with Gasteiger partial charge in [-0.05, 0) is 60.9 Å². The number of benzene rings is 2. The third-order valence-electron chi connectivity index (χ3n) is 6.85. The number of hydrogen-bond donors (Lipinski definition) is 1. The smallest absolute Gasteiger partial charge is 0.254 e. The summed E-state index contributed by atoms with van der Waals surface area (Å²) in [6.07, 6.45) is 11.8. The summed E-state index contributed by atoms with van der Waals surface area (Å²) in [6.45, 7) is -0.0263. The van der Waals surface area contributed by atoms with Crippen LogP contribution in [-0.4, -0.2) is 24.8 Å². The van der Waals surface area contributed by atoms with Crippen molar-refractivity contribution in [3.63, 3.8) is 0 Å². The number of nitriles is 1. The lowest BCUT2D eigenvalue weighted by Crippen LogP contribution is -2.36. The quantitative estimate of drug-likeness (QED) is 0.417. The Kier molecular flexibility index (Phi) is 6.92. The van der Waals surface area contributed by atoms with E-state index < -0.39 is 0 Å². The number of nitrogens with zero attached hydrogens (tertiary/aromatic N) is 2. The molecule has 2 aromatic carbocycles. The van der Waals surface area contributed by atoms with E-state index in [4.69, 9.17) is 15.0 Å². The number of nitrogens with one attached hydrogen (secondary N) is 1. The number of aliphatic imine (C=N–C) groups is 1. The predicted octanol–water partition coefficient (Wildman–Crippen LogP) is 6.50. The maximum Gasteiger partial charge on any atom is 0.254 e. The number of hydrogen-bond acceptors (Lipinski definition) is 5. The molecule has 0 saturated heterocycles. The lowest BCUT2D eigenvalue weighted by Gasteiger charge is -2.23. The largest absolute Gasteiger partial charge is 0.478 e. The van der Waals surface area contributed by atoms with Crippen LogP contribution in [0.4, 0.5) is 5.00 Å². The first-order chi connectivity index (χ1) is 16.7. The van der Waals surface area contributed by atoms with Gasteiger partial charge in [0.1, 0.15) is 16.8 Å². The van der Waals surface area contributed by atoms with Crippen molar-refractivity contribution in [3.8, 4) is 11.8 Å². The summed E-state index contributed by atoms with van der Waals surface area (Å²) in [5, 5.41) is 15.2. The highest BCUT2D eigenvalue weighted by Gasteiger charge is 2.27. The van der Waals surface area contributed by atoms with Gasteiger partial charge in [-0.3, -0.25) is 4.79 Å². The standard InChI is InChI=1S/C28H29N3O2S/c29-16-17-33-24-15-14-19-8-4-5-11-21(19)23(24)18-30-28-26(22-12-6-7-13-25(22)34-28)27(32)31-20-9-2-1-3-10-20/h4-5,8,11,14-15,18,20H,1-3,6-7,9-10,12-13,17H2,(H,31,32). The molecule has 2 aliphatic carbocycles. The average Bonchev–Trinajstić information content (AvgIpc) is 3.25. The molecule has 2 aliphatic rings. The SMILES string of the molecule is N#CCOc1ccc2ccccc2c1C=Nc1sc2c(c1C(=O)NC1CCCCC1)CCCC2. The third kappa shape index (κ3) is 4.71. The Morgan fingerprint density at radius 1 is 1.12 bits per heavy atom. The Morgan fingerprint density at radius 2 is 1.94 bits per heavy atom. The van der Waals surface area contributed by atoms with Crippen molar-refractivity contribution in [1.29, 1.82) is 5.26 Å². The highest BCUT2D eigenvalue weighted by atomic mass is 32.1. The van der Waals surface area contributed by atoms with Gasteiger partial charge >= 0.3 is 0 Å². The fourth-order valence-electron chi connectivity index (χ4n) is 5.15. The molecule has 0 bridgehead atoms. The molecule has 1 amide bonds. The molecular formula is C28H29N3O2S. The van der Waals surface area contributed by atoms with E-state index in [2.05, 4.69) is 5.32 Å². The Morgan fingerprint density at radius 3 is 2.79 bits per heavy atom. The van der Waals surface area contributed by atoms with Crippen molar-refractivity contribution in [2.45, 2.75) is 63.8 Å². The van der Waals surface area contributed by atoms with Gasteiger partial charge in [0.15, 0.2) is 6.61 Å². The Hall–Kier alpha value is -3.17. The van der Waals surface area contributed by atoms with Crippen LogP contribution in [0.1, 0.15) is 71.3 Å². The van der Waals surface area contributed by atoms with Crippen LogP contribution in [0.25, 0.3) is 10.8 Å². The van der Waals surface area contributed by atoms with E-state index in [1.165, 1.54) is 29.7 Å². The summed E-state index contributed by atoms with van der Waals surface area (Å²) < 4.78 is 5.71. The number of ether oxygens (including phenoxy) is 1. The molecule has 1 aromatic heterocycles. The highest BCUT2D eigenvalue weighted by molar-refractivity contribution is 7.16. The van der Waals surface area contributed by atoms with Crippen molar-refractivity contribution in [1.82, 2.24) is 5.32 Å². The van der Waals surface area contributed by atoms with Crippen LogP contribution in [0.2, 0.25) is 0 Å². The molecule has 0 atom stereocenters. The van der Waals surface area contributed by atoms with Gasteiger partial charge in [-0.25, -0.2) is 4.99 Å². The van der Waals surface area contributed by atoms with Gasteiger partial charge in [-0.15, -0.1) is 11.3 Å². The van der Waals surface area contributed by atoms with Crippen LogP contribution >= 0.6 is 11.3 Å². The van der Waals surface area contributed by atoms with Crippen LogP contribution in [-0.2, 0) is 12.8 Å². The van der Waals surface area contributed by atoms with Gasteiger partial charge in [0, 0.05) is 22.7 Å². The molecule has 174 valence electrons. The van der Waals surface area contributed by atoms with Gasteiger partial charge in [-0.1, -0.05) is 49.6 Å². The fourth-order valence-corrected chi connectivity index (χ4v) is 6.38. The molecule has 6 heteroatoms. The van der Waals surface area contributed by atoms with E-state index in [0.29, 0.717) is 5.75 Å². The second-order valence-corrected chi connectivity index (χ2v) is 10.2. The number of rotatable bonds is 6. The molecule has 5 rings (SSSR count). The Bertz CT molecular complexity index is 1260. The van der Waals surface area contributed by atoms with Crippen LogP contribution in [0.15, 0.2) is 41.4 Å². The molecule has 34 heavy (non-hydrogen) atoms. The summed E-state index contributed by atoms with van der Waals surface area (Å²) >= 11 is 1.65. The second kappa shape index (κ2) is 10.4. The summed E-state index contributed by atoms with van der Waals surface area (Å²) in [5.41, 5.74) is 2.79. The summed E-state index contributed by atoms with van der Waals surface area (Å²) in [5.74, 6) is 0.649. The number of carbonyl (C=O) groups excluding carboxylic acids is 1. The molecule has 0 radical (unpaired) electrons. The molecule has 3 aromatic rings. The minimum absolute atomic E-state index is 0.0253. The Labute approximate surface area is 204 Å². The number of fused-ring (bicyclic) bond motifs is 2. The number of carbonyl (C=O) groups is 1. The minimum Gasteiger partial charge on any atom is -0.478 e. The minimum atomic E-state index is -0.0263. The molecule has 1 saturated carbocycles. The zero-order chi connectivity index (χ0) is 23.3. The van der Waals surface area contributed by atoms with E-state index in [-0.39, 0.29) is 18.6 Å². The zero-order valence-electron chi connectivity index (χ0n) is 19.3. The lowest BCUT2D eigenvalue weighted by atomic mass is 9.93. The monoisotopic (exact) mass is 471 g/mol. The fraction of sp³-hybridized carbons (Fsp3) is 0.393. The van der Waals surface area contributed by atoms with E-state index >= 15 is 0 Å². The van der Waals surface area contributed by atoms with Crippen molar-refractivity contribution in [2.24, 2.45) is 4.99 Å². The maximum atomic E-state index is 13.5. The summed E-state index contributed by atoms with van der Waals surface area (Å²) in [4.78, 5) is 19.6. The average molecular weight is 472 g/mol. The first kappa shape index (κ1) is 22.6. The Balaban J connectivity index is 1.53. The normalized spacial score (nSPS) is 16.3. The summed E-state index contributed by atoms with van der Waals surface area (Å²) in [6, 6.07) is 14.3. The van der Waals surface area contributed by atoms with E-state index in [1.807, 2.05) is 48.7 Å². The summed E-state index contributed by atoms with van der Waals surface area (Å²) in [7, 11) is 0. The van der Waals surface area contributed by atoms with Crippen LogP contribution in [0.5, 0.6) is 5.75 Å². The molecular weight excluding hydrogens is 442 g/mol. The first-order valence-electron chi connectivity index (χ1n) is 12.3. The van der Waals surface area contributed by atoms with Crippen LogP contribution in [0.3, 0.4) is 0 Å². The molecule has 0 aliphatic heterocycles. The molecule has 1 N–H and O–H groups in total. The van der Waals surface area contributed by atoms with Crippen molar-refractivity contribution in [2.75, 3.05) is 6.61 Å². The topological polar surface area (TPSA) is 74.5 Å². The van der Waals surface area contributed by atoms with E-state index in [9.17, 15) is 4.79 Å². The third-order valence-corrected chi connectivity index (χ3v) is 8.05. The molecule has 0 spiro atoms. The van der Waals surface area contributed by atoms with E-state index in [0.717, 1.165) is 65.4 Å². The lowest BCUT2D eigenvalue weighted by molar-refractivity contribution is 0.0927. The molecule has 1 fully saturated rings. The van der Waals surface area contributed by atoms with Crippen molar-refractivity contribution >= 4 is 39.2 Å². The van der Waals surface area contributed by atoms with E-state index in [1.54, 1.807) is 11.3 Å². The molecule has 1 heterocycles. The first-order valence-corrected chi connectivity index (χ1v) is 13.1. The van der Waals surface area contributed by atoms with Crippen LogP contribution in [0, 0.1) is 11.3 Å². The van der Waals surface area contributed by atoms with Gasteiger partial charge in [0.2, 0.25) is 0 Å². The van der Waals surface area contributed by atoms with Gasteiger partial charge in [0.25, 0.3) is 5.91 Å². The van der Waals surface area contributed by atoms with Gasteiger partial charge < -0.3 is 10.1 Å².